The van der Waals surface area contributed by atoms with Gasteiger partial charge in [0.05, 0.1) is 11.8 Å². The fourth-order valence-electron chi connectivity index (χ4n) is 5.58. The lowest BCUT2D eigenvalue weighted by molar-refractivity contribution is -0.138. The minimum absolute atomic E-state index is 0.207. The molecule has 2 aromatic heterocycles. The third-order valence-corrected chi connectivity index (χ3v) is 8.14. The summed E-state index contributed by atoms with van der Waals surface area (Å²) < 4.78 is 6.07. The van der Waals surface area contributed by atoms with Gasteiger partial charge in [-0.15, -0.1) is 0 Å². The molecule has 0 spiro atoms. The molecule has 1 fully saturated rings. The summed E-state index contributed by atoms with van der Waals surface area (Å²) in [5.74, 6) is 0.849. The number of carboxylic acids is 1. The second kappa shape index (κ2) is 12.5. The van der Waals surface area contributed by atoms with Crippen LogP contribution in [0.15, 0.2) is 48.5 Å². The first-order chi connectivity index (χ1) is 19.2. The average molecular weight is 543 g/mol. The SMILES string of the molecule is CC(C)(C)c1cc(NC(CCOC2CC(CCc3ccc4c(n3)CCCC4)C2)C(=O)O)nc(-c2ccccc2)n1. The Labute approximate surface area is 237 Å². The van der Waals surface area contributed by atoms with Gasteiger partial charge in [-0.2, -0.15) is 0 Å². The summed E-state index contributed by atoms with van der Waals surface area (Å²) in [6.07, 6.45) is 9.66. The molecule has 0 aliphatic heterocycles. The molecule has 7 nitrogen and oxygen atoms in total. The van der Waals surface area contributed by atoms with Crippen molar-refractivity contribution in [1.82, 2.24) is 15.0 Å². The fourth-order valence-corrected chi connectivity index (χ4v) is 5.58. The highest BCUT2D eigenvalue weighted by molar-refractivity contribution is 5.77. The molecule has 3 aromatic rings. The largest absolute Gasteiger partial charge is 0.480 e. The number of rotatable bonds is 11. The minimum Gasteiger partial charge on any atom is -0.480 e. The molecule has 0 saturated heterocycles. The third kappa shape index (κ3) is 7.25. The van der Waals surface area contributed by atoms with Gasteiger partial charge in [0, 0.05) is 41.5 Å². The van der Waals surface area contributed by atoms with E-state index < -0.39 is 12.0 Å². The fraction of sp³-hybridized carbons (Fsp3) is 0.515. The quantitative estimate of drug-likeness (QED) is 0.289. The molecule has 0 radical (unpaired) electrons. The highest BCUT2D eigenvalue weighted by atomic mass is 16.5. The van der Waals surface area contributed by atoms with Crippen LogP contribution in [-0.4, -0.2) is 44.8 Å². The zero-order valence-electron chi connectivity index (χ0n) is 24.0. The van der Waals surface area contributed by atoms with Crippen LogP contribution in [0, 0.1) is 5.92 Å². The Hall–Kier alpha value is -3.32. The second-order valence-corrected chi connectivity index (χ2v) is 12.4. The number of nitrogens with one attached hydrogen (secondary N) is 1. The predicted octanol–water partition coefficient (Wildman–Crippen LogP) is 6.40. The van der Waals surface area contributed by atoms with Crippen molar-refractivity contribution in [1.29, 1.82) is 0 Å². The molecule has 2 aliphatic carbocycles. The van der Waals surface area contributed by atoms with Gasteiger partial charge in [0.25, 0.3) is 0 Å². The number of nitrogens with zero attached hydrogens (tertiary/aromatic N) is 3. The maximum Gasteiger partial charge on any atom is 0.326 e. The van der Waals surface area contributed by atoms with E-state index in [0.29, 0.717) is 30.6 Å². The van der Waals surface area contributed by atoms with Gasteiger partial charge in [-0.05, 0) is 68.9 Å². The van der Waals surface area contributed by atoms with Gasteiger partial charge in [0.2, 0.25) is 0 Å². The molecular formula is C33H42N4O3. The van der Waals surface area contributed by atoms with E-state index in [2.05, 4.69) is 43.2 Å². The van der Waals surface area contributed by atoms with E-state index in [0.717, 1.165) is 43.4 Å². The molecule has 1 atom stereocenters. The summed E-state index contributed by atoms with van der Waals surface area (Å²) in [5, 5.41) is 13.1. The van der Waals surface area contributed by atoms with E-state index >= 15 is 0 Å². The molecule has 2 aliphatic rings. The molecule has 1 saturated carbocycles. The molecule has 0 amide bonds. The Morgan fingerprint density at radius 2 is 1.82 bits per heavy atom. The summed E-state index contributed by atoms with van der Waals surface area (Å²) in [6, 6.07) is 15.3. The third-order valence-electron chi connectivity index (χ3n) is 8.14. The summed E-state index contributed by atoms with van der Waals surface area (Å²) in [6.45, 7) is 6.67. The Morgan fingerprint density at radius 1 is 1.05 bits per heavy atom. The standard InChI is InChI=1S/C33H42N4O3/c1-33(2,3)29-21-30(37-31(36-29)24-10-5-4-6-11-24)35-28(32(38)39)17-18-40-26-19-22(20-26)13-15-25-16-14-23-9-7-8-12-27(23)34-25/h4-6,10-11,14,16,21-22,26,28H,7-9,12-13,15,17-20H2,1-3H3,(H,38,39)(H,35,36,37). The van der Waals surface area contributed by atoms with Crippen molar-refractivity contribution in [3.63, 3.8) is 0 Å². The number of hydrogen-bond donors (Lipinski definition) is 2. The van der Waals surface area contributed by atoms with Crippen LogP contribution in [0.1, 0.15) is 81.9 Å². The number of benzene rings is 1. The van der Waals surface area contributed by atoms with Crippen LogP contribution in [0.5, 0.6) is 0 Å². The maximum absolute atomic E-state index is 12.1. The molecule has 1 unspecified atom stereocenters. The normalized spacial score (nSPS) is 19.4. The Balaban J connectivity index is 1.10. The summed E-state index contributed by atoms with van der Waals surface area (Å²) in [7, 11) is 0. The Bertz CT molecular complexity index is 1300. The zero-order valence-corrected chi connectivity index (χ0v) is 24.0. The summed E-state index contributed by atoms with van der Waals surface area (Å²) in [5.41, 5.74) is 5.51. The smallest absolute Gasteiger partial charge is 0.326 e. The lowest BCUT2D eigenvalue weighted by Crippen LogP contribution is -2.35. The first-order valence-corrected chi connectivity index (χ1v) is 14.8. The topological polar surface area (TPSA) is 97.2 Å². The van der Waals surface area contributed by atoms with Gasteiger partial charge in [0.1, 0.15) is 11.9 Å². The number of ether oxygens (including phenoxy) is 1. The van der Waals surface area contributed by atoms with Crippen LogP contribution in [0.25, 0.3) is 11.4 Å². The average Bonchev–Trinajstić information content (AvgIpc) is 2.92. The molecule has 2 heterocycles. The summed E-state index contributed by atoms with van der Waals surface area (Å²) in [4.78, 5) is 26.4. The van der Waals surface area contributed by atoms with Crippen molar-refractivity contribution in [3.05, 3.63) is 71.2 Å². The number of aryl methyl sites for hydroxylation is 3. The number of anilines is 1. The van der Waals surface area contributed by atoms with Crippen LogP contribution >= 0.6 is 0 Å². The first-order valence-electron chi connectivity index (χ1n) is 14.8. The van der Waals surface area contributed by atoms with E-state index in [1.54, 1.807) is 0 Å². The van der Waals surface area contributed by atoms with E-state index in [4.69, 9.17) is 14.7 Å². The van der Waals surface area contributed by atoms with Crippen molar-refractivity contribution in [3.8, 4) is 11.4 Å². The molecule has 7 heteroatoms. The molecule has 212 valence electrons. The highest BCUT2D eigenvalue weighted by Crippen LogP contribution is 2.34. The van der Waals surface area contributed by atoms with Gasteiger partial charge in [-0.1, -0.05) is 57.2 Å². The predicted molar refractivity (Wildman–Crippen MR) is 157 cm³/mol. The number of aromatic nitrogens is 3. The van der Waals surface area contributed by atoms with Gasteiger partial charge < -0.3 is 15.2 Å². The van der Waals surface area contributed by atoms with Crippen molar-refractivity contribution in [2.75, 3.05) is 11.9 Å². The number of pyridine rings is 1. The van der Waals surface area contributed by atoms with Crippen molar-refractivity contribution >= 4 is 11.8 Å². The Morgan fingerprint density at radius 3 is 2.58 bits per heavy atom. The first kappa shape index (κ1) is 28.2. The molecule has 2 N–H and O–H groups in total. The van der Waals surface area contributed by atoms with Crippen molar-refractivity contribution in [2.45, 2.75) is 96.1 Å². The number of carbonyl (C=O) groups is 1. The second-order valence-electron chi connectivity index (χ2n) is 12.4. The molecular weight excluding hydrogens is 500 g/mol. The lowest BCUT2D eigenvalue weighted by Gasteiger charge is -2.35. The lowest BCUT2D eigenvalue weighted by atomic mass is 9.79. The molecule has 0 bridgehead atoms. The van der Waals surface area contributed by atoms with E-state index in [-0.39, 0.29) is 11.5 Å². The van der Waals surface area contributed by atoms with Crippen LogP contribution in [0.2, 0.25) is 0 Å². The van der Waals surface area contributed by atoms with E-state index in [1.807, 2.05) is 36.4 Å². The maximum atomic E-state index is 12.1. The summed E-state index contributed by atoms with van der Waals surface area (Å²) >= 11 is 0. The number of hydrogen-bond acceptors (Lipinski definition) is 6. The van der Waals surface area contributed by atoms with Gasteiger partial charge >= 0.3 is 5.97 Å². The number of fused-ring (bicyclic) bond motifs is 1. The van der Waals surface area contributed by atoms with E-state index in [1.165, 1.54) is 36.2 Å². The van der Waals surface area contributed by atoms with Crippen molar-refractivity contribution < 1.29 is 14.6 Å². The molecule has 5 rings (SSSR count). The van der Waals surface area contributed by atoms with Crippen LogP contribution in [0.4, 0.5) is 5.82 Å². The molecule has 1 aromatic carbocycles. The Kier molecular flexibility index (Phi) is 8.79. The highest BCUT2D eigenvalue weighted by Gasteiger charge is 2.30. The monoisotopic (exact) mass is 542 g/mol. The van der Waals surface area contributed by atoms with Crippen LogP contribution in [0.3, 0.4) is 0 Å². The molecule has 40 heavy (non-hydrogen) atoms. The number of carboxylic acid groups (broad SMARTS) is 1. The zero-order chi connectivity index (χ0) is 28.1. The van der Waals surface area contributed by atoms with Crippen LogP contribution < -0.4 is 5.32 Å². The van der Waals surface area contributed by atoms with Gasteiger partial charge in [-0.25, -0.2) is 14.8 Å². The minimum atomic E-state index is -0.912. The number of aliphatic carboxylic acids is 1. The van der Waals surface area contributed by atoms with Crippen LogP contribution in [-0.2, 0) is 34.2 Å². The van der Waals surface area contributed by atoms with Gasteiger partial charge in [-0.3, -0.25) is 4.98 Å². The van der Waals surface area contributed by atoms with Crippen molar-refractivity contribution in [2.24, 2.45) is 5.92 Å². The van der Waals surface area contributed by atoms with E-state index in [9.17, 15) is 9.90 Å². The van der Waals surface area contributed by atoms with Gasteiger partial charge in [0.15, 0.2) is 5.82 Å².